The van der Waals surface area contributed by atoms with Crippen LogP contribution >= 0.6 is 0 Å². The smallest absolute Gasteiger partial charge is 0.331 e. The summed E-state index contributed by atoms with van der Waals surface area (Å²) in [5.74, 6) is -1.14. The molecule has 152 valence electrons. The van der Waals surface area contributed by atoms with Crippen LogP contribution < -0.4 is 5.73 Å². The number of rotatable bonds is 11. The Labute approximate surface area is 167 Å². The third-order valence-corrected chi connectivity index (χ3v) is 4.71. The van der Waals surface area contributed by atoms with E-state index in [0.29, 0.717) is 6.42 Å². The van der Waals surface area contributed by atoms with Gasteiger partial charge in [-0.1, -0.05) is 75.8 Å². The standard InChI is InChI=1S/C23H31NO4/c1-4-17(2)23(27)18(3)20(13-9-6-10-14-21(24)25)28-22(26)16-15-19-11-7-5-8-12-19/h5-12,14-18,20,23,27H,4,13H2,1-3H3,(H2,24,25)/b9-6+,14-10-,16-15+/t17-,18-,20-,23+/m1/s1. The van der Waals surface area contributed by atoms with Gasteiger partial charge in [-0.3, -0.25) is 4.79 Å². The van der Waals surface area contributed by atoms with E-state index in [4.69, 9.17) is 10.5 Å². The molecule has 1 rings (SSSR count). The van der Waals surface area contributed by atoms with Crippen molar-refractivity contribution < 1.29 is 19.4 Å². The minimum Gasteiger partial charge on any atom is -0.458 e. The highest BCUT2D eigenvalue weighted by atomic mass is 16.5. The van der Waals surface area contributed by atoms with Crippen molar-refractivity contribution in [2.75, 3.05) is 0 Å². The van der Waals surface area contributed by atoms with Crippen molar-refractivity contribution in [3.05, 3.63) is 66.3 Å². The van der Waals surface area contributed by atoms with Gasteiger partial charge in [0.1, 0.15) is 6.10 Å². The fraction of sp³-hybridized carbons (Fsp3) is 0.391. The number of aliphatic hydroxyl groups excluding tert-OH is 1. The molecule has 0 heterocycles. The Morgan fingerprint density at radius 1 is 1.14 bits per heavy atom. The van der Waals surface area contributed by atoms with Gasteiger partial charge in [0.25, 0.3) is 0 Å². The highest BCUT2D eigenvalue weighted by Crippen LogP contribution is 2.23. The zero-order valence-corrected chi connectivity index (χ0v) is 16.8. The number of carbonyl (C=O) groups is 2. The predicted octanol–water partition coefficient (Wildman–Crippen LogP) is 3.64. The minimum absolute atomic E-state index is 0.0924. The van der Waals surface area contributed by atoms with Crippen LogP contribution in [0.25, 0.3) is 6.08 Å². The lowest BCUT2D eigenvalue weighted by atomic mass is 9.86. The van der Waals surface area contributed by atoms with Crippen molar-refractivity contribution in [1.29, 1.82) is 0 Å². The number of hydrogen-bond acceptors (Lipinski definition) is 4. The molecule has 0 bridgehead atoms. The molecule has 1 aromatic carbocycles. The number of esters is 1. The largest absolute Gasteiger partial charge is 0.458 e. The van der Waals surface area contributed by atoms with E-state index in [2.05, 4.69) is 0 Å². The summed E-state index contributed by atoms with van der Waals surface area (Å²) in [4.78, 5) is 23.0. The molecule has 1 aromatic rings. The van der Waals surface area contributed by atoms with Gasteiger partial charge in [-0.05, 0) is 17.6 Å². The van der Waals surface area contributed by atoms with Crippen LogP contribution in [0.4, 0.5) is 0 Å². The van der Waals surface area contributed by atoms with E-state index in [1.807, 2.05) is 51.1 Å². The summed E-state index contributed by atoms with van der Waals surface area (Å²) in [5, 5.41) is 10.5. The van der Waals surface area contributed by atoms with Crippen molar-refractivity contribution in [2.45, 2.75) is 45.8 Å². The van der Waals surface area contributed by atoms with Crippen LogP contribution in [0.1, 0.15) is 39.2 Å². The average molecular weight is 386 g/mol. The molecule has 4 atom stereocenters. The molecule has 28 heavy (non-hydrogen) atoms. The SMILES string of the molecule is CC[C@@H](C)[C@H](O)[C@H](C)[C@@H](C/C=C/C=C\C(N)=O)OC(=O)/C=C/c1ccccc1. The van der Waals surface area contributed by atoms with E-state index in [9.17, 15) is 14.7 Å². The monoisotopic (exact) mass is 385 g/mol. The Hall–Kier alpha value is -2.66. The molecule has 0 aliphatic heterocycles. The molecule has 0 saturated heterocycles. The first kappa shape index (κ1) is 23.4. The second-order valence-electron chi connectivity index (χ2n) is 6.88. The molecule has 0 spiro atoms. The van der Waals surface area contributed by atoms with Crippen LogP contribution in [-0.4, -0.2) is 29.2 Å². The first-order valence-corrected chi connectivity index (χ1v) is 9.59. The van der Waals surface area contributed by atoms with Crippen molar-refractivity contribution >= 4 is 18.0 Å². The molecule has 0 aliphatic carbocycles. The molecule has 0 unspecified atom stereocenters. The maximum Gasteiger partial charge on any atom is 0.331 e. The van der Waals surface area contributed by atoms with Crippen LogP contribution in [0.3, 0.4) is 0 Å². The van der Waals surface area contributed by atoms with Gasteiger partial charge in [-0.25, -0.2) is 4.79 Å². The summed E-state index contributed by atoms with van der Waals surface area (Å²) < 4.78 is 5.62. The van der Waals surface area contributed by atoms with Gasteiger partial charge in [0, 0.05) is 24.5 Å². The molecule has 0 aliphatic rings. The van der Waals surface area contributed by atoms with Gasteiger partial charge in [-0.15, -0.1) is 0 Å². The third kappa shape index (κ3) is 8.82. The van der Waals surface area contributed by atoms with E-state index >= 15 is 0 Å². The molecular formula is C23H31NO4. The Balaban J connectivity index is 2.81. The normalized spacial score (nSPS) is 16.3. The lowest BCUT2D eigenvalue weighted by Gasteiger charge is -2.30. The fourth-order valence-corrected chi connectivity index (χ4v) is 2.71. The van der Waals surface area contributed by atoms with Gasteiger partial charge in [0.05, 0.1) is 6.10 Å². The number of primary amides is 1. The first-order chi connectivity index (χ1) is 13.3. The van der Waals surface area contributed by atoms with Crippen LogP contribution in [0.5, 0.6) is 0 Å². The number of benzene rings is 1. The van der Waals surface area contributed by atoms with Crippen molar-refractivity contribution in [3.8, 4) is 0 Å². The third-order valence-electron chi connectivity index (χ3n) is 4.71. The summed E-state index contributed by atoms with van der Waals surface area (Å²) >= 11 is 0. The second-order valence-corrected chi connectivity index (χ2v) is 6.88. The van der Waals surface area contributed by atoms with Gasteiger partial charge in [0.2, 0.25) is 5.91 Å². The van der Waals surface area contributed by atoms with E-state index < -0.39 is 24.1 Å². The topological polar surface area (TPSA) is 89.6 Å². The zero-order valence-electron chi connectivity index (χ0n) is 16.8. The predicted molar refractivity (Wildman–Crippen MR) is 112 cm³/mol. The molecule has 0 radical (unpaired) electrons. The molecule has 1 amide bonds. The van der Waals surface area contributed by atoms with Gasteiger partial charge in [0.15, 0.2) is 0 Å². The average Bonchev–Trinajstić information content (AvgIpc) is 2.69. The van der Waals surface area contributed by atoms with E-state index in [0.717, 1.165) is 12.0 Å². The number of allylic oxidation sites excluding steroid dienone is 2. The molecule has 0 aromatic heterocycles. The van der Waals surface area contributed by atoms with E-state index in [1.54, 1.807) is 18.2 Å². The Bertz CT molecular complexity index is 694. The molecule has 5 heteroatoms. The molecule has 0 fully saturated rings. The Morgan fingerprint density at radius 3 is 2.43 bits per heavy atom. The fourth-order valence-electron chi connectivity index (χ4n) is 2.71. The van der Waals surface area contributed by atoms with E-state index in [-0.39, 0.29) is 11.8 Å². The van der Waals surface area contributed by atoms with Gasteiger partial charge < -0.3 is 15.6 Å². The maximum atomic E-state index is 12.3. The number of carbonyl (C=O) groups excluding carboxylic acids is 2. The van der Waals surface area contributed by atoms with Crippen molar-refractivity contribution in [1.82, 2.24) is 0 Å². The lowest BCUT2D eigenvalue weighted by Crippen LogP contribution is -2.36. The van der Waals surface area contributed by atoms with Gasteiger partial charge in [-0.2, -0.15) is 0 Å². The molecular weight excluding hydrogens is 354 g/mol. The van der Waals surface area contributed by atoms with Crippen LogP contribution in [-0.2, 0) is 14.3 Å². The summed E-state index contributed by atoms with van der Waals surface area (Å²) in [6.07, 6.45) is 9.50. The Morgan fingerprint density at radius 2 is 1.82 bits per heavy atom. The molecule has 5 nitrogen and oxygen atoms in total. The highest BCUT2D eigenvalue weighted by molar-refractivity contribution is 5.87. The van der Waals surface area contributed by atoms with Crippen LogP contribution in [0, 0.1) is 11.8 Å². The van der Waals surface area contributed by atoms with Crippen molar-refractivity contribution in [3.63, 3.8) is 0 Å². The molecule has 3 N–H and O–H groups in total. The van der Waals surface area contributed by atoms with Crippen LogP contribution in [0.15, 0.2) is 60.7 Å². The van der Waals surface area contributed by atoms with Crippen molar-refractivity contribution in [2.24, 2.45) is 17.6 Å². The molecule has 0 saturated carbocycles. The number of hydrogen-bond donors (Lipinski definition) is 2. The quantitative estimate of drug-likeness (QED) is 0.346. The Kier molecular flexibility index (Phi) is 10.6. The number of aliphatic hydroxyl groups is 1. The number of nitrogens with two attached hydrogens (primary N) is 1. The summed E-state index contributed by atoms with van der Waals surface area (Å²) in [7, 11) is 0. The first-order valence-electron chi connectivity index (χ1n) is 9.59. The lowest BCUT2D eigenvalue weighted by molar-refractivity contribution is -0.148. The number of ether oxygens (including phenoxy) is 1. The summed E-state index contributed by atoms with van der Waals surface area (Å²) in [6, 6.07) is 9.48. The maximum absolute atomic E-state index is 12.3. The second kappa shape index (κ2) is 12.7. The van der Waals surface area contributed by atoms with Gasteiger partial charge >= 0.3 is 5.97 Å². The number of amides is 1. The summed E-state index contributed by atoms with van der Waals surface area (Å²) in [5.41, 5.74) is 5.95. The van der Waals surface area contributed by atoms with E-state index in [1.165, 1.54) is 18.2 Å². The minimum atomic E-state index is -0.588. The highest BCUT2D eigenvalue weighted by Gasteiger charge is 2.29. The summed E-state index contributed by atoms with van der Waals surface area (Å²) in [6.45, 7) is 5.86. The zero-order chi connectivity index (χ0) is 20.9. The van der Waals surface area contributed by atoms with Crippen LogP contribution in [0.2, 0.25) is 0 Å².